The van der Waals surface area contributed by atoms with Crippen molar-refractivity contribution in [3.8, 4) is 0 Å². The van der Waals surface area contributed by atoms with Gasteiger partial charge in [0.05, 0.1) is 6.04 Å². The van der Waals surface area contributed by atoms with Gasteiger partial charge in [0.15, 0.2) is 0 Å². The molecule has 3 rings (SSSR count). The maximum absolute atomic E-state index is 12.7. The average molecular weight is 348 g/mol. The highest BCUT2D eigenvalue weighted by molar-refractivity contribution is 6.31. The topological polar surface area (TPSA) is 58.4 Å². The number of benzene rings is 1. The van der Waals surface area contributed by atoms with E-state index >= 15 is 0 Å². The molecule has 1 N–H and O–H groups in total. The third-order valence-electron chi connectivity index (χ3n) is 4.37. The minimum atomic E-state index is -0.122. The second-order valence-electron chi connectivity index (χ2n) is 6.21. The van der Waals surface area contributed by atoms with E-state index in [1.807, 2.05) is 30.0 Å². The minimum Gasteiger partial charge on any atom is -0.361 e. The molecule has 6 heteroatoms. The van der Waals surface area contributed by atoms with Gasteiger partial charge in [-0.2, -0.15) is 0 Å². The Morgan fingerprint density at radius 3 is 3.08 bits per heavy atom. The van der Waals surface area contributed by atoms with Crippen molar-refractivity contribution >= 4 is 23.3 Å². The highest BCUT2D eigenvalue weighted by atomic mass is 35.5. The number of aromatic nitrogens is 1. The number of hydrogen-bond acceptors (Lipinski definition) is 3. The maximum atomic E-state index is 12.7. The van der Waals surface area contributed by atoms with Crippen LogP contribution in [0.4, 0.5) is 10.5 Å². The summed E-state index contributed by atoms with van der Waals surface area (Å²) in [6, 6.07) is 7.31. The lowest BCUT2D eigenvalue weighted by Crippen LogP contribution is -2.34. The van der Waals surface area contributed by atoms with Gasteiger partial charge in [-0.3, -0.25) is 0 Å². The van der Waals surface area contributed by atoms with Crippen LogP contribution >= 0.6 is 11.6 Å². The number of halogens is 1. The minimum absolute atomic E-state index is 0.0288. The van der Waals surface area contributed by atoms with Crippen LogP contribution in [0.25, 0.3) is 0 Å². The Labute approximate surface area is 147 Å². The number of carbonyl (C=O) groups excluding carboxylic acids is 1. The lowest BCUT2D eigenvalue weighted by Gasteiger charge is -2.23. The number of nitrogens with zero attached hydrogens (tertiary/aromatic N) is 2. The van der Waals surface area contributed by atoms with Crippen LogP contribution in [-0.2, 0) is 6.42 Å². The van der Waals surface area contributed by atoms with Crippen LogP contribution < -0.4 is 5.32 Å². The first kappa shape index (κ1) is 16.8. The van der Waals surface area contributed by atoms with Gasteiger partial charge in [0.25, 0.3) is 0 Å². The molecule has 1 aromatic carbocycles. The molecule has 0 radical (unpaired) electrons. The summed E-state index contributed by atoms with van der Waals surface area (Å²) in [5.41, 5.74) is 2.56. The standard InChI is InChI=1S/C18H22ClN3O2/c1-3-5-14-11-16(21-24-14)17-6-4-9-22(17)18(23)20-15-10-13(19)8-7-12(15)2/h7-8,10-11,17H,3-6,9H2,1-2H3,(H,20,23)/t17-/m0/s1. The van der Waals surface area contributed by atoms with Crippen molar-refractivity contribution in [1.29, 1.82) is 0 Å². The third kappa shape index (κ3) is 3.56. The van der Waals surface area contributed by atoms with Crippen LogP contribution in [0.1, 0.15) is 49.2 Å². The Hall–Kier alpha value is -2.01. The van der Waals surface area contributed by atoms with Crippen molar-refractivity contribution in [3.05, 3.63) is 46.3 Å². The van der Waals surface area contributed by atoms with Crippen LogP contribution in [0.3, 0.4) is 0 Å². The summed E-state index contributed by atoms with van der Waals surface area (Å²) < 4.78 is 5.37. The van der Waals surface area contributed by atoms with Crippen molar-refractivity contribution < 1.29 is 9.32 Å². The number of aryl methyl sites for hydroxylation is 2. The van der Waals surface area contributed by atoms with E-state index in [4.69, 9.17) is 16.1 Å². The van der Waals surface area contributed by atoms with Crippen molar-refractivity contribution in [2.45, 2.75) is 45.6 Å². The quantitative estimate of drug-likeness (QED) is 0.850. The number of likely N-dealkylation sites (tertiary alicyclic amines) is 1. The van der Waals surface area contributed by atoms with Gasteiger partial charge < -0.3 is 14.7 Å². The van der Waals surface area contributed by atoms with E-state index in [0.717, 1.165) is 48.4 Å². The first-order valence-corrected chi connectivity index (χ1v) is 8.75. The molecule has 0 bridgehead atoms. The SMILES string of the molecule is CCCc1cc([C@@H]2CCCN2C(=O)Nc2cc(Cl)ccc2C)no1. The molecular formula is C18H22ClN3O2. The van der Waals surface area contributed by atoms with Crippen LogP contribution in [0.2, 0.25) is 5.02 Å². The second-order valence-corrected chi connectivity index (χ2v) is 6.65. The molecule has 0 saturated carbocycles. The zero-order valence-corrected chi connectivity index (χ0v) is 14.8. The van der Waals surface area contributed by atoms with E-state index in [1.54, 1.807) is 6.07 Å². The number of carbonyl (C=O) groups is 1. The van der Waals surface area contributed by atoms with Gasteiger partial charge in [-0.15, -0.1) is 0 Å². The summed E-state index contributed by atoms with van der Waals surface area (Å²) in [6.07, 6.45) is 3.74. The fraction of sp³-hybridized carbons (Fsp3) is 0.444. The molecule has 0 unspecified atom stereocenters. The van der Waals surface area contributed by atoms with Gasteiger partial charge in [-0.25, -0.2) is 4.79 Å². The van der Waals surface area contributed by atoms with E-state index < -0.39 is 0 Å². The summed E-state index contributed by atoms with van der Waals surface area (Å²) in [7, 11) is 0. The van der Waals surface area contributed by atoms with Crippen LogP contribution in [-0.4, -0.2) is 22.6 Å². The Bertz CT molecular complexity index is 729. The number of rotatable bonds is 4. The molecule has 1 fully saturated rings. The lowest BCUT2D eigenvalue weighted by molar-refractivity contribution is 0.204. The van der Waals surface area contributed by atoms with Gasteiger partial charge in [0.1, 0.15) is 11.5 Å². The van der Waals surface area contributed by atoms with Crippen molar-refractivity contribution in [2.75, 3.05) is 11.9 Å². The molecule has 1 aliphatic rings. The van der Waals surface area contributed by atoms with E-state index in [1.165, 1.54) is 0 Å². The van der Waals surface area contributed by atoms with Gasteiger partial charge in [0, 0.05) is 29.7 Å². The molecule has 128 valence electrons. The largest absolute Gasteiger partial charge is 0.361 e. The molecule has 0 spiro atoms. The molecule has 2 aromatic rings. The van der Waals surface area contributed by atoms with Crippen molar-refractivity contribution in [2.24, 2.45) is 0 Å². The fourth-order valence-corrected chi connectivity index (χ4v) is 3.26. The molecule has 0 aliphatic carbocycles. The average Bonchev–Trinajstić information content (AvgIpc) is 3.20. The number of urea groups is 1. The first-order valence-electron chi connectivity index (χ1n) is 8.37. The monoisotopic (exact) mass is 347 g/mol. The molecule has 2 heterocycles. The summed E-state index contributed by atoms with van der Waals surface area (Å²) in [5.74, 6) is 0.880. The van der Waals surface area contributed by atoms with Crippen molar-refractivity contribution in [1.82, 2.24) is 10.1 Å². The molecule has 1 aliphatic heterocycles. The summed E-state index contributed by atoms with van der Waals surface area (Å²) in [4.78, 5) is 14.5. The summed E-state index contributed by atoms with van der Waals surface area (Å²) in [6.45, 7) is 4.76. The molecule has 1 atom stereocenters. The maximum Gasteiger partial charge on any atom is 0.322 e. The lowest BCUT2D eigenvalue weighted by atomic mass is 10.1. The van der Waals surface area contributed by atoms with E-state index in [0.29, 0.717) is 11.6 Å². The zero-order chi connectivity index (χ0) is 17.1. The van der Waals surface area contributed by atoms with Crippen LogP contribution in [0, 0.1) is 6.92 Å². The summed E-state index contributed by atoms with van der Waals surface area (Å²) in [5, 5.41) is 7.75. The Kier molecular flexibility index (Phi) is 5.09. The molecule has 24 heavy (non-hydrogen) atoms. The predicted octanol–water partition coefficient (Wildman–Crippen LogP) is 4.96. The molecule has 5 nitrogen and oxygen atoms in total. The molecule has 1 saturated heterocycles. The van der Waals surface area contributed by atoms with E-state index in [9.17, 15) is 4.79 Å². The number of anilines is 1. The van der Waals surface area contributed by atoms with Crippen LogP contribution in [0.5, 0.6) is 0 Å². The number of amides is 2. The molecule has 2 amide bonds. The van der Waals surface area contributed by atoms with Gasteiger partial charge in [-0.05, 0) is 43.9 Å². The molecule has 1 aromatic heterocycles. The predicted molar refractivity (Wildman–Crippen MR) is 94.4 cm³/mol. The van der Waals surface area contributed by atoms with Crippen molar-refractivity contribution in [3.63, 3.8) is 0 Å². The highest BCUT2D eigenvalue weighted by Crippen LogP contribution is 2.32. The number of hydrogen-bond donors (Lipinski definition) is 1. The zero-order valence-electron chi connectivity index (χ0n) is 14.0. The van der Waals surface area contributed by atoms with Gasteiger partial charge in [-0.1, -0.05) is 29.7 Å². The molecular weight excluding hydrogens is 326 g/mol. The van der Waals surface area contributed by atoms with E-state index in [2.05, 4.69) is 17.4 Å². The normalized spacial score (nSPS) is 17.3. The Morgan fingerprint density at radius 1 is 1.46 bits per heavy atom. The second kappa shape index (κ2) is 7.26. The Balaban J connectivity index is 1.74. The number of nitrogens with one attached hydrogen (secondary N) is 1. The fourth-order valence-electron chi connectivity index (χ4n) is 3.08. The van der Waals surface area contributed by atoms with Gasteiger partial charge in [0.2, 0.25) is 0 Å². The van der Waals surface area contributed by atoms with Gasteiger partial charge >= 0.3 is 6.03 Å². The smallest absolute Gasteiger partial charge is 0.322 e. The first-order chi connectivity index (χ1) is 11.6. The van der Waals surface area contributed by atoms with Crippen LogP contribution in [0.15, 0.2) is 28.8 Å². The third-order valence-corrected chi connectivity index (χ3v) is 4.60. The highest BCUT2D eigenvalue weighted by Gasteiger charge is 2.32. The summed E-state index contributed by atoms with van der Waals surface area (Å²) >= 11 is 6.03. The van der Waals surface area contributed by atoms with E-state index in [-0.39, 0.29) is 12.1 Å². The Morgan fingerprint density at radius 2 is 2.29 bits per heavy atom.